The number of benzene rings is 2. The van der Waals surface area contributed by atoms with Gasteiger partial charge in [0.1, 0.15) is 35.6 Å². The number of hydrogen-bond donors (Lipinski definition) is 9. The quantitative estimate of drug-likeness (QED) is 0.104. The number of nitrogens with zero attached hydrogens (tertiary/aromatic N) is 1. The van der Waals surface area contributed by atoms with E-state index in [1.165, 1.54) is 20.2 Å². The van der Waals surface area contributed by atoms with E-state index in [1.54, 1.807) is 6.92 Å². The minimum atomic E-state index is -2.76. The summed E-state index contributed by atoms with van der Waals surface area (Å²) < 4.78 is 16.1. The maximum Gasteiger partial charge on any atom is 0.231 e. The van der Waals surface area contributed by atoms with Gasteiger partial charge in [0.15, 0.2) is 11.7 Å². The number of nitrogens with two attached hydrogens (primary N) is 1. The van der Waals surface area contributed by atoms with Crippen molar-refractivity contribution in [1.82, 2.24) is 5.32 Å². The van der Waals surface area contributed by atoms with Crippen molar-refractivity contribution in [2.24, 2.45) is 10.7 Å². The first-order valence-corrected chi connectivity index (χ1v) is 12.3. The number of fused-ring (bicyclic) bond motifs is 2. The van der Waals surface area contributed by atoms with E-state index < -0.39 is 72.2 Å². The Hall–Kier alpha value is -3.83. The number of aliphatic hydroxyl groups is 6. The number of ether oxygens (including phenoxy) is 3. The van der Waals surface area contributed by atoms with Gasteiger partial charge in [-0.2, -0.15) is 0 Å². The van der Waals surface area contributed by atoms with Crippen LogP contribution in [0.4, 0.5) is 0 Å². The second kappa shape index (κ2) is 11.2. The summed E-state index contributed by atoms with van der Waals surface area (Å²) in [4.78, 5) is 31.6. The van der Waals surface area contributed by atoms with Crippen molar-refractivity contribution in [2.75, 3.05) is 20.8 Å². The van der Waals surface area contributed by atoms with E-state index >= 15 is 0 Å². The van der Waals surface area contributed by atoms with Crippen LogP contribution >= 0.6 is 0 Å². The third-order valence-corrected chi connectivity index (χ3v) is 7.18. The molecule has 5 atom stereocenters. The molecule has 1 heterocycles. The molecule has 41 heavy (non-hydrogen) atoms. The van der Waals surface area contributed by atoms with Crippen molar-refractivity contribution < 1.29 is 59.5 Å². The number of nitrogens with one attached hydrogen (secondary N) is 1. The highest BCUT2D eigenvalue weighted by molar-refractivity contribution is 6.31. The van der Waals surface area contributed by atoms with Gasteiger partial charge in [-0.25, -0.2) is 0 Å². The molecule has 0 aromatic heterocycles. The molecule has 2 aromatic carbocycles. The minimum Gasteiger partial charge on any atom is -0.507 e. The summed E-state index contributed by atoms with van der Waals surface area (Å²) in [6.45, 7) is -0.371. The topological polar surface area (TPSA) is 254 Å². The van der Waals surface area contributed by atoms with E-state index in [-0.39, 0.29) is 46.1 Å². The van der Waals surface area contributed by atoms with Crippen molar-refractivity contribution in [3.8, 4) is 17.2 Å². The zero-order valence-corrected chi connectivity index (χ0v) is 22.3. The zero-order valence-electron chi connectivity index (χ0n) is 22.3. The highest BCUT2D eigenvalue weighted by Crippen LogP contribution is 2.44. The molecule has 0 unspecified atom stereocenters. The Morgan fingerprint density at radius 1 is 1.07 bits per heavy atom. The molecule has 0 bridgehead atoms. The summed E-state index contributed by atoms with van der Waals surface area (Å²) in [5.41, 5.74) is 5.02. The average Bonchev–Trinajstić information content (AvgIpc) is 2.96. The van der Waals surface area contributed by atoms with Crippen LogP contribution in [0.2, 0.25) is 0 Å². The molecule has 0 amide bonds. The van der Waals surface area contributed by atoms with Gasteiger partial charge in [-0.05, 0) is 18.6 Å². The van der Waals surface area contributed by atoms with Crippen LogP contribution in [0.1, 0.15) is 48.5 Å². The Morgan fingerprint density at radius 3 is 2.34 bits per heavy atom. The standard InChI is InChI=1S/C26H31N3O12/c1-9-4-10-16(19(33)11(9)6-29-25(27)28-2)20(34)17-14(5-13(39-3)12(7-30)15(17)18(10)32)40-24-22(36)21(35)23(37)26(38,8-31)41-24/h4-5,21-24,30-31,33,35-38H,6-8H2,1-3H3,(H3,27,28,29)/t21-,22-,23+,24-,26-/m1/s1. The number of aliphatic hydroxyl groups excluding tert-OH is 5. The number of guanidine groups is 1. The fraction of sp³-hybridized carbons (Fsp3) is 0.423. The zero-order chi connectivity index (χ0) is 30.4. The first-order valence-electron chi connectivity index (χ1n) is 12.3. The molecule has 15 nitrogen and oxygen atoms in total. The molecular formula is C26H31N3O12. The molecule has 2 aromatic rings. The number of phenolic OH excluding ortho intramolecular Hbond substituents is 1. The minimum absolute atomic E-state index is 0.0433. The summed E-state index contributed by atoms with van der Waals surface area (Å²) in [5, 5.41) is 74.8. The Morgan fingerprint density at radius 2 is 1.76 bits per heavy atom. The predicted molar refractivity (Wildman–Crippen MR) is 139 cm³/mol. The van der Waals surface area contributed by atoms with Crippen LogP contribution < -0.4 is 20.5 Å². The van der Waals surface area contributed by atoms with Gasteiger partial charge in [0.25, 0.3) is 0 Å². The lowest BCUT2D eigenvalue weighted by atomic mass is 9.79. The third-order valence-electron chi connectivity index (χ3n) is 7.18. The summed E-state index contributed by atoms with van der Waals surface area (Å²) in [5.74, 6) is -5.42. The summed E-state index contributed by atoms with van der Waals surface area (Å²) in [6.07, 6.45) is -8.17. The monoisotopic (exact) mass is 577 g/mol. The number of rotatable bonds is 7. The molecule has 1 fully saturated rings. The molecule has 0 radical (unpaired) electrons. The molecule has 1 aliphatic heterocycles. The van der Waals surface area contributed by atoms with Crippen LogP contribution in [0, 0.1) is 6.92 Å². The Balaban J connectivity index is 1.90. The van der Waals surface area contributed by atoms with E-state index in [2.05, 4.69) is 10.3 Å². The van der Waals surface area contributed by atoms with E-state index in [4.69, 9.17) is 19.9 Å². The van der Waals surface area contributed by atoms with Gasteiger partial charge in [-0.3, -0.25) is 14.6 Å². The summed E-state index contributed by atoms with van der Waals surface area (Å²) >= 11 is 0. The van der Waals surface area contributed by atoms with Gasteiger partial charge in [0.2, 0.25) is 17.9 Å². The van der Waals surface area contributed by atoms with Crippen molar-refractivity contribution in [2.45, 2.75) is 50.5 Å². The number of ketones is 2. The van der Waals surface area contributed by atoms with Gasteiger partial charge in [-0.15, -0.1) is 0 Å². The molecule has 4 rings (SSSR count). The number of hydrogen-bond acceptors (Lipinski definition) is 13. The number of aryl methyl sites for hydroxylation is 1. The number of carbonyl (C=O) groups excluding carboxylic acids is 2. The second-order valence-corrected chi connectivity index (χ2v) is 9.56. The van der Waals surface area contributed by atoms with Crippen LogP contribution in [0.15, 0.2) is 17.1 Å². The number of phenols is 1. The summed E-state index contributed by atoms with van der Waals surface area (Å²) in [6, 6.07) is 2.51. The van der Waals surface area contributed by atoms with Gasteiger partial charge in [0, 0.05) is 41.9 Å². The molecule has 1 saturated heterocycles. The van der Waals surface area contributed by atoms with E-state index in [9.17, 15) is 45.3 Å². The van der Waals surface area contributed by atoms with Crippen LogP contribution in [0.5, 0.6) is 17.2 Å². The Labute approximate surface area is 233 Å². The van der Waals surface area contributed by atoms with Crippen LogP contribution in [-0.4, -0.2) is 104 Å². The highest BCUT2D eigenvalue weighted by atomic mass is 16.8. The normalized spacial score (nSPS) is 25.9. The maximum atomic E-state index is 14.0. The van der Waals surface area contributed by atoms with E-state index in [0.717, 1.165) is 6.07 Å². The molecule has 222 valence electrons. The fourth-order valence-corrected chi connectivity index (χ4v) is 4.88. The van der Waals surface area contributed by atoms with Crippen molar-refractivity contribution in [3.05, 3.63) is 51.1 Å². The lowest BCUT2D eigenvalue weighted by Gasteiger charge is -2.44. The van der Waals surface area contributed by atoms with Gasteiger partial charge in [0.05, 0.1) is 31.5 Å². The van der Waals surface area contributed by atoms with Crippen LogP contribution in [-0.2, 0) is 17.9 Å². The maximum absolute atomic E-state index is 14.0. The third kappa shape index (κ3) is 4.87. The predicted octanol–water partition coefficient (Wildman–Crippen LogP) is -2.49. The Kier molecular flexibility index (Phi) is 8.24. The average molecular weight is 578 g/mol. The SMILES string of the molecule is CN=C(N)NCc1c(C)cc2c(c1O)C(=O)c1c(O[C@@H]3O[C@](O)(CO)[C@@H](O)[C@H](O)[C@H]3O)cc(OC)c(CO)c1C2=O. The van der Waals surface area contributed by atoms with Crippen molar-refractivity contribution in [1.29, 1.82) is 0 Å². The van der Waals surface area contributed by atoms with E-state index in [0.29, 0.717) is 5.56 Å². The smallest absolute Gasteiger partial charge is 0.231 e. The van der Waals surface area contributed by atoms with Crippen LogP contribution in [0.3, 0.4) is 0 Å². The molecule has 1 aliphatic carbocycles. The fourth-order valence-electron chi connectivity index (χ4n) is 4.88. The van der Waals surface area contributed by atoms with Crippen molar-refractivity contribution in [3.63, 3.8) is 0 Å². The molecular weight excluding hydrogens is 546 g/mol. The first kappa shape index (κ1) is 30.1. The van der Waals surface area contributed by atoms with Gasteiger partial charge in [-0.1, -0.05) is 0 Å². The second-order valence-electron chi connectivity index (χ2n) is 9.56. The van der Waals surface area contributed by atoms with Crippen molar-refractivity contribution >= 4 is 17.5 Å². The largest absolute Gasteiger partial charge is 0.507 e. The van der Waals surface area contributed by atoms with Gasteiger partial charge >= 0.3 is 0 Å². The number of methoxy groups -OCH3 is 1. The number of carbonyl (C=O) groups is 2. The van der Waals surface area contributed by atoms with Crippen LogP contribution in [0.25, 0.3) is 0 Å². The first-order chi connectivity index (χ1) is 19.3. The Bertz CT molecular complexity index is 1430. The summed E-state index contributed by atoms with van der Waals surface area (Å²) in [7, 11) is 2.68. The molecule has 15 heteroatoms. The van der Waals surface area contributed by atoms with E-state index in [1.807, 2.05) is 0 Å². The van der Waals surface area contributed by atoms with Gasteiger partial charge < -0.3 is 61.0 Å². The highest BCUT2D eigenvalue weighted by Gasteiger charge is 2.54. The molecule has 0 spiro atoms. The molecule has 0 saturated carbocycles. The molecule has 2 aliphatic rings. The number of aromatic hydroxyl groups is 1. The lowest BCUT2D eigenvalue weighted by molar-refractivity contribution is -0.384. The molecule has 10 N–H and O–H groups in total. The lowest BCUT2D eigenvalue weighted by Crippen LogP contribution is -2.67. The number of aliphatic imine (C=N–C) groups is 1.